The molecule has 3 aromatic rings. The first-order valence-corrected chi connectivity index (χ1v) is 9.35. The highest BCUT2D eigenvalue weighted by Crippen LogP contribution is 2.39. The average molecular weight is 462 g/mol. The number of hydrogen-bond donors (Lipinski definition) is 3. The predicted octanol–water partition coefficient (Wildman–Crippen LogP) is 3.62. The minimum atomic E-state index is -1.04. The van der Waals surface area contributed by atoms with Gasteiger partial charge in [0.25, 0.3) is 5.91 Å². The number of halogens is 2. The first-order chi connectivity index (χ1) is 14.9. The number of carbonyl (C=O) groups is 2. The first-order valence-electron chi connectivity index (χ1n) is 8.59. The fraction of sp³-hybridized carbons (Fsp3) is 0.111. The van der Waals surface area contributed by atoms with E-state index >= 15 is 0 Å². The van der Waals surface area contributed by atoms with Gasteiger partial charge in [-0.25, -0.2) is 14.8 Å². The molecule has 0 unspecified atom stereocenters. The van der Waals surface area contributed by atoms with Crippen LogP contribution in [-0.2, 0) is 9.53 Å². The van der Waals surface area contributed by atoms with Crippen molar-refractivity contribution in [3.05, 3.63) is 40.8 Å². The minimum absolute atomic E-state index is 0.0619. The zero-order valence-electron chi connectivity index (χ0n) is 15.8. The van der Waals surface area contributed by atoms with E-state index in [4.69, 9.17) is 33.2 Å². The summed E-state index contributed by atoms with van der Waals surface area (Å²) in [6.07, 6.45) is 2.01. The Morgan fingerprint density at radius 2 is 2.03 bits per heavy atom. The van der Waals surface area contributed by atoms with E-state index in [0.29, 0.717) is 11.0 Å². The third-order valence-corrected chi connectivity index (χ3v) is 4.18. The van der Waals surface area contributed by atoms with Crippen molar-refractivity contribution >= 4 is 57.6 Å². The number of imide groups is 1. The number of aromatic amines is 1. The van der Waals surface area contributed by atoms with Crippen molar-refractivity contribution in [3.63, 3.8) is 0 Å². The van der Waals surface area contributed by atoms with Crippen LogP contribution in [0.3, 0.4) is 0 Å². The molecule has 0 spiro atoms. The number of hydrazone groups is 1. The van der Waals surface area contributed by atoms with Crippen molar-refractivity contribution in [2.24, 2.45) is 5.10 Å². The molecule has 2 amide bonds. The van der Waals surface area contributed by atoms with Crippen molar-refractivity contribution in [3.8, 4) is 17.7 Å². The Balaban J connectivity index is 1.77. The number of alkyl carbamates (subject to hydrolysis) is 1. The molecule has 0 bridgehead atoms. The summed E-state index contributed by atoms with van der Waals surface area (Å²) in [4.78, 5) is 34.2. The topological polar surface area (TPSA) is 154 Å². The van der Waals surface area contributed by atoms with Gasteiger partial charge >= 0.3 is 6.09 Å². The minimum Gasteiger partial charge on any atom is -0.450 e. The fourth-order valence-corrected chi connectivity index (χ4v) is 2.88. The summed E-state index contributed by atoms with van der Waals surface area (Å²) in [6.45, 7) is 1.63. The molecule has 2 heterocycles. The van der Waals surface area contributed by atoms with Crippen LogP contribution in [0.5, 0.6) is 11.6 Å². The van der Waals surface area contributed by atoms with E-state index in [9.17, 15) is 9.59 Å². The lowest BCUT2D eigenvalue weighted by atomic mass is 10.3. The van der Waals surface area contributed by atoms with Crippen molar-refractivity contribution in [2.45, 2.75) is 6.92 Å². The van der Waals surface area contributed by atoms with Gasteiger partial charge in [0.1, 0.15) is 18.0 Å². The Bertz CT molecular complexity index is 1200. The molecule has 0 aliphatic rings. The Morgan fingerprint density at radius 1 is 1.29 bits per heavy atom. The summed E-state index contributed by atoms with van der Waals surface area (Å²) < 4.78 is 10.3. The number of hydrogen-bond acceptors (Lipinski definition) is 9. The smallest absolute Gasteiger partial charge is 0.414 e. The summed E-state index contributed by atoms with van der Waals surface area (Å²) in [6, 6.07) is 6.14. The van der Waals surface area contributed by atoms with E-state index in [2.05, 4.69) is 30.2 Å². The van der Waals surface area contributed by atoms with Gasteiger partial charge < -0.3 is 14.5 Å². The van der Waals surface area contributed by atoms with Crippen LogP contribution in [0.15, 0.2) is 35.8 Å². The monoisotopic (exact) mass is 461 g/mol. The summed E-state index contributed by atoms with van der Waals surface area (Å²) in [5, 5.41) is 15.5. The summed E-state index contributed by atoms with van der Waals surface area (Å²) in [7, 11) is 0. The molecule has 31 heavy (non-hydrogen) atoms. The van der Waals surface area contributed by atoms with Crippen molar-refractivity contribution in [1.82, 2.24) is 20.3 Å². The molecule has 0 fully saturated rings. The SMILES string of the molecule is CCOC(=O)NC(=O)C(C#N)=NNc1cc(Cl)c(Oc2ncnc3[nH]ccc23)c(Cl)c1. The third-order valence-electron chi connectivity index (χ3n) is 3.62. The van der Waals surface area contributed by atoms with Crippen LogP contribution in [0.2, 0.25) is 10.0 Å². The largest absolute Gasteiger partial charge is 0.450 e. The molecule has 0 saturated heterocycles. The standard InChI is InChI=1S/C18H13Cl2N7O4/c1-2-30-18(29)25-16(28)13(7-21)27-26-9-5-11(19)14(12(20)6-9)31-17-10-3-4-22-15(10)23-8-24-17/h3-6,8,26H,2H2,1H3,(H,22,23,24)(H,25,28,29). The Kier molecular flexibility index (Phi) is 6.86. The van der Waals surface area contributed by atoms with Crippen LogP contribution in [0, 0.1) is 11.3 Å². The van der Waals surface area contributed by atoms with Gasteiger partial charge in [-0.05, 0) is 25.1 Å². The molecule has 11 nitrogen and oxygen atoms in total. The van der Waals surface area contributed by atoms with Gasteiger partial charge in [0, 0.05) is 6.20 Å². The van der Waals surface area contributed by atoms with Crippen LogP contribution < -0.4 is 15.5 Å². The highest BCUT2D eigenvalue weighted by molar-refractivity contribution is 6.47. The molecule has 3 rings (SSSR count). The highest BCUT2D eigenvalue weighted by Gasteiger charge is 2.17. The van der Waals surface area contributed by atoms with Crippen molar-refractivity contribution in [1.29, 1.82) is 5.26 Å². The molecule has 0 atom stereocenters. The van der Waals surface area contributed by atoms with E-state index in [1.807, 2.05) is 5.32 Å². The number of carbonyl (C=O) groups excluding carboxylic acids is 2. The number of nitriles is 1. The predicted molar refractivity (Wildman–Crippen MR) is 112 cm³/mol. The van der Waals surface area contributed by atoms with Crippen LogP contribution in [0.1, 0.15) is 6.92 Å². The molecule has 0 aliphatic carbocycles. The summed E-state index contributed by atoms with van der Waals surface area (Å²) >= 11 is 12.5. The molecule has 3 N–H and O–H groups in total. The normalized spacial score (nSPS) is 11.0. The van der Waals surface area contributed by atoms with Crippen molar-refractivity contribution < 1.29 is 19.1 Å². The number of ether oxygens (including phenoxy) is 2. The van der Waals surface area contributed by atoms with Gasteiger partial charge in [-0.2, -0.15) is 10.4 Å². The first kappa shape index (κ1) is 21.8. The number of fused-ring (bicyclic) bond motifs is 1. The lowest BCUT2D eigenvalue weighted by Crippen LogP contribution is -2.36. The number of rotatable bonds is 6. The molecule has 2 aromatic heterocycles. The number of amides is 2. The van der Waals surface area contributed by atoms with Gasteiger partial charge in [0.05, 0.1) is 27.7 Å². The van der Waals surface area contributed by atoms with Gasteiger partial charge in [-0.15, -0.1) is 0 Å². The number of benzene rings is 1. The zero-order valence-corrected chi connectivity index (χ0v) is 17.3. The van der Waals surface area contributed by atoms with Gasteiger partial charge in [-0.3, -0.25) is 15.5 Å². The van der Waals surface area contributed by atoms with Crippen LogP contribution >= 0.6 is 23.2 Å². The third kappa shape index (κ3) is 5.19. The van der Waals surface area contributed by atoms with E-state index < -0.39 is 17.7 Å². The second-order valence-corrected chi connectivity index (χ2v) is 6.46. The maximum atomic E-state index is 11.9. The molecule has 1 aromatic carbocycles. The lowest BCUT2D eigenvalue weighted by molar-refractivity contribution is -0.114. The summed E-state index contributed by atoms with van der Waals surface area (Å²) in [5.74, 6) is -0.652. The number of aromatic nitrogens is 3. The lowest BCUT2D eigenvalue weighted by Gasteiger charge is -2.11. The molecule has 0 radical (unpaired) electrons. The van der Waals surface area contributed by atoms with Gasteiger partial charge in [0.2, 0.25) is 11.6 Å². The van der Waals surface area contributed by atoms with E-state index in [1.54, 1.807) is 25.3 Å². The van der Waals surface area contributed by atoms with Crippen molar-refractivity contribution in [2.75, 3.05) is 12.0 Å². The molecule has 0 aliphatic heterocycles. The molecule has 0 saturated carbocycles. The Morgan fingerprint density at radius 3 is 2.71 bits per heavy atom. The number of nitrogens with one attached hydrogen (secondary N) is 3. The second-order valence-electron chi connectivity index (χ2n) is 5.65. The Labute approximate surface area is 185 Å². The maximum absolute atomic E-state index is 11.9. The molecular weight excluding hydrogens is 449 g/mol. The zero-order chi connectivity index (χ0) is 22.4. The quantitative estimate of drug-likeness (QED) is 0.371. The summed E-state index contributed by atoms with van der Waals surface area (Å²) in [5.41, 5.74) is 2.70. The van der Waals surface area contributed by atoms with Crippen LogP contribution in [0.4, 0.5) is 10.5 Å². The number of anilines is 1. The van der Waals surface area contributed by atoms with Gasteiger partial charge in [0.15, 0.2) is 5.75 Å². The highest BCUT2D eigenvalue weighted by atomic mass is 35.5. The average Bonchev–Trinajstić information content (AvgIpc) is 3.21. The molecule has 13 heteroatoms. The number of H-pyrrole nitrogens is 1. The molecular formula is C18H13Cl2N7O4. The van der Waals surface area contributed by atoms with Crippen LogP contribution in [0.25, 0.3) is 11.0 Å². The van der Waals surface area contributed by atoms with E-state index in [1.165, 1.54) is 18.5 Å². The number of nitrogens with zero attached hydrogens (tertiary/aromatic N) is 4. The van der Waals surface area contributed by atoms with E-state index in [-0.39, 0.29) is 34.0 Å². The van der Waals surface area contributed by atoms with E-state index in [0.717, 1.165) is 0 Å². The molecule has 158 valence electrons. The fourth-order valence-electron chi connectivity index (χ4n) is 2.31. The maximum Gasteiger partial charge on any atom is 0.414 e. The van der Waals surface area contributed by atoms with Crippen LogP contribution in [-0.4, -0.2) is 39.3 Å². The van der Waals surface area contributed by atoms with Gasteiger partial charge in [-0.1, -0.05) is 23.2 Å². The Hall–Kier alpha value is -3.88. The second kappa shape index (κ2) is 9.75.